The monoisotopic (exact) mass is 441 g/mol. The molecule has 1 N–H and O–H groups in total. The first-order valence-electron chi connectivity index (χ1n) is 10.9. The number of hydrogen-bond donors (Lipinski definition) is 1. The Kier molecular flexibility index (Phi) is 6.34. The van der Waals surface area contributed by atoms with Crippen LogP contribution >= 0.6 is 11.3 Å². The van der Waals surface area contributed by atoms with Gasteiger partial charge in [0, 0.05) is 11.4 Å². The predicted octanol–water partition coefficient (Wildman–Crippen LogP) is 4.71. The Bertz CT molecular complexity index is 1140. The van der Waals surface area contributed by atoms with E-state index in [-0.39, 0.29) is 11.6 Å². The lowest BCUT2D eigenvalue weighted by Crippen LogP contribution is -2.29. The summed E-state index contributed by atoms with van der Waals surface area (Å²) in [6.07, 6.45) is 3.18. The molecule has 0 spiro atoms. The highest BCUT2D eigenvalue weighted by Crippen LogP contribution is 2.36. The average molecular weight is 442 g/mol. The lowest BCUT2D eigenvalue weighted by molar-refractivity contribution is 0.205. The van der Waals surface area contributed by atoms with Crippen LogP contribution in [0.1, 0.15) is 55.1 Å². The summed E-state index contributed by atoms with van der Waals surface area (Å²) in [5.41, 5.74) is 2.35. The van der Waals surface area contributed by atoms with Crippen molar-refractivity contribution < 1.29 is 9.47 Å². The Balaban J connectivity index is 1.63. The van der Waals surface area contributed by atoms with Crippen LogP contribution in [0.3, 0.4) is 0 Å². The van der Waals surface area contributed by atoms with Crippen molar-refractivity contribution in [2.45, 2.75) is 52.6 Å². The number of aryl methyl sites for hydroxylation is 1. The van der Waals surface area contributed by atoms with Gasteiger partial charge >= 0.3 is 0 Å². The number of nitrogens with zero attached hydrogens (tertiary/aromatic N) is 2. The molecule has 2 atom stereocenters. The predicted molar refractivity (Wildman–Crippen MR) is 125 cm³/mol. The number of fused-ring (bicyclic) bond motifs is 3. The average Bonchev–Trinajstić information content (AvgIpc) is 3.14. The fourth-order valence-corrected chi connectivity index (χ4v) is 5.86. The Labute approximate surface area is 187 Å². The topological polar surface area (TPSA) is 67.5 Å². The van der Waals surface area contributed by atoms with Gasteiger partial charge in [-0.1, -0.05) is 19.9 Å². The van der Waals surface area contributed by atoms with Crippen molar-refractivity contribution in [3.8, 4) is 11.5 Å². The number of H-pyrrole nitrogens is 1. The number of nitrogens with one attached hydrogen (secondary N) is 1. The van der Waals surface area contributed by atoms with Gasteiger partial charge in [0.1, 0.15) is 10.7 Å². The van der Waals surface area contributed by atoms with Gasteiger partial charge in [0.15, 0.2) is 11.5 Å². The fourth-order valence-electron chi connectivity index (χ4n) is 4.47. The first kappa shape index (κ1) is 21.8. The minimum atomic E-state index is -0.0201. The smallest absolute Gasteiger partial charge is 0.259 e. The SMILES string of the molecule is CCN(Cc1ccc(OC)c(OC)c1)C(C)c1nc2sc3c(c2c(=O)[nH]1)CCC(C)C3. The lowest BCUT2D eigenvalue weighted by atomic mass is 9.89. The van der Waals surface area contributed by atoms with Crippen molar-refractivity contribution in [3.63, 3.8) is 0 Å². The number of benzene rings is 1. The van der Waals surface area contributed by atoms with E-state index in [0.717, 1.165) is 65.5 Å². The van der Waals surface area contributed by atoms with Crippen LogP contribution in [0, 0.1) is 5.92 Å². The van der Waals surface area contributed by atoms with Crippen LogP contribution in [-0.2, 0) is 19.4 Å². The van der Waals surface area contributed by atoms with Gasteiger partial charge in [-0.3, -0.25) is 9.69 Å². The number of methoxy groups -OCH3 is 2. The van der Waals surface area contributed by atoms with Gasteiger partial charge in [0.05, 0.1) is 25.6 Å². The number of rotatable bonds is 7. The summed E-state index contributed by atoms with van der Waals surface area (Å²) in [6, 6.07) is 5.95. The summed E-state index contributed by atoms with van der Waals surface area (Å²) in [4.78, 5) is 25.5. The van der Waals surface area contributed by atoms with E-state index in [4.69, 9.17) is 14.5 Å². The zero-order valence-electron chi connectivity index (χ0n) is 18.9. The summed E-state index contributed by atoms with van der Waals surface area (Å²) in [5, 5.41) is 0.811. The van der Waals surface area contributed by atoms with Crippen molar-refractivity contribution >= 4 is 21.6 Å². The number of ether oxygens (including phenoxy) is 2. The van der Waals surface area contributed by atoms with Crippen LogP contribution in [0.2, 0.25) is 0 Å². The van der Waals surface area contributed by atoms with Crippen molar-refractivity contribution in [2.75, 3.05) is 20.8 Å². The third-order valence-electron chi connectivity index (χ3n) is 6.37. The lowest BCUT2D eigenvalue weighted by Gasteiger charge is -2.27. The molecule has 4 rings (SSSR count). The highest BCUT2D eigenvalue weighted by Gasteiger charge is 2.25. The number of hydrogen-bond acceptors (Lipinski definition) is 6. The molecule has 3 aromatic rings. The van der Waals surface area contributed by atoms with Gasteiger partial charge < -0.3 is 14.5 Å². The minimum Gasteiger partial charge on any atom is -0.493 e. The molecule has 2 aromatic heterocycles. The molecule has 0 bridgehead atoms. The molecule has 0 fully saturated rings. The van der Waals surface area contributed by atoms with Crippen LogP contribution in [0.4, 0.5) is 0 Å². The van der Waals surface area contributed by atoms with Gasteiger partial charge in [-0.25, -0.2) is 4.98 Å². The van der Waals surface area contributed by atoms with E-state index in [0.29, 0.717) is 5.92 Å². The van der Waals surface area contributed by atoms with Crippen LogP contribution < -0.4 is 15.0 Å². The number of aromatic nitrogens is 2. The highest BCUT2D eigenvalue weighted by atomic mass is 32.1. The Hall–Kier alpha value is -2.38. The van der Waals surface area contributed by atoms with Crippen molar-refractivity contribution in [1.82, 2.24) is 14.9 Å². The molecule has 6 nitrogen and oxygen atoms in total. The van der Waals surface area contributed by atoms with Crippen LogP contribution in [0.15, 0.2) is 23.0 Å². The van der Waals surface area contributed by atoms with E-state index in [9.17, 15) is 4.79 Å². The zero-order chi connectivity index (χ0) is 22.1. The Morgan fingerprint density at radius 3 is 2.77 bits per heavy atom. The second-order valence-corrected chi connectivity index (χ2v) is 9.50. The second-order valence-electron chi connectivity index (χ2n) is 8.41. The summed E-state index contributed by atoms with van der Waals surface area (Å²) >= 11 is 1.70. The standard InChI is InChI=1S/C24H31N3O3S/c1-6-27(13-16-8-10-18(29-4)19(12-16)30-5)15(3)22-25-23(28)21-17-9-7-14(2)11-20(17)31-24(21)26-22/h8,10,12,14-15H,6-7,9,11,13H2,1-5H3,(H,25,26,28). The number of thiophene rings is 1. The van der Waals surface area contributed by atoms with Crippen molar-refractivity contribution in [1.29, 1.82) is 0 Å². The molecule has 0 radical (unpaired) electrons. The molecular formula is C24H31N3O3S. The summed E-state index contributed by atoms with van der Waals surface area (Å²) in [7, 11) is 3.28. The first-order chi connectivity index (χ1) is 14.9. The Morgan fingerprint density at radius 1 is 1.29 bits per heavy atom. The largest absolute Gasteiger partial charge is 0.493 e. The first-order valence-corrected chi connectivity index (χ1v) is 11.8. The van der Waals surface area contributed by atoms with Gasteiger partial charge in [0.25, 0.3) is 5.56 Å². The molecule has 7 heteroatoms. The van der Waals surface area contributed by atoms with Crippen LogP contribution in [-0.4, -0.2) is 35.6 Å². The molecule has 31 heavy (non-hydrogen) atoms. The fraction of sp³-hybridized carbons (Fsp3) is 0.500. The van der Waals surface area contributed by atoms with E-state index in [2.05, 4.69) is 30.7 Å². The summed E-state index contributed by atoms with van der Waals surface area (Å²) in [5.74, 6) is 2.84. The maximum Gasteiger partial charge on any atom is 0.259 e. The molecule has 0 amide bonds. The summed E-state index contributed by atoms with van der Waals surface area (Å²) < 4.78 is 10.8. The maximum absolute atomic E-state index is 13.0. The molecule has 2 unspecified atom stereocenters. The van der Waals surface area contributed by atoms with Gasteiger partial charge in [-0.2, -0.15) is 0 Å². The molecule has 0 saturated carbocycles. The maximum atomic E-state index is 13.0. The zero-order valence-corrected chi connectivity index (χ0v) is 19.8. The normalized spacial score (nSPS) is 17.0. The van der Waals surface area contributed by atoms with E-state index in [1.807, 2.05) is 18.2 Å². The van der Waals surface area contributed by atoms with Crippen LogP contribution in [0.5, 0.6) is 11.5 Å². The second kappa shape index (κ2) is 9.01. The molecule has 166 valence electrons. The van der Waals surface area contributed by atoms with Gasteiger partial charge in [-0.05, 0) is 61.9 Å². The minimum absolute atomic E-state index is 0.000993. The molecule has 1 aliphatic rings. The Morgan fingerprint density at radius 2 is 2.06 bits per heavy atom. The van der Waals surface area contributed by atoms with Gasteiger partial charge in [0.2, 0.25) is 0 Å². The van der Waals surface area contributed by atoms with E-state index in [1.165, 1.54) is 10.4 Å². The van der Waals surface area contributed by atoms with Crippen molar-refractivity contribution in [2.24, 2.45) is 5.92 Å². The van der Waals surface area contributed by atoms with Crippen molar-refractivity contribution in [3.05, 3.63) is 50.4 Å². The molecule has 0 aliphatic heterocycles. The van der Waals surface area contributed by atoms with E-state index in [1.54, 1.807) is 25.6 Å². The summed E-state index contributed by atoms with van der Waals surface area (Å²) in [6.45, 7) is 8.06. The molecule has 0 saturated heterocycles. The molecular weight excluding hydrogens is 410 g/mol. The van der Waals surface area contributed by atoms with E-state index < -0.39 is 0 Å². The third-order valence-corrected chi connectivity index (χ3v) is 7.52. The molecule has 2 heterocycles. The molecule has 1 aromatic carbocycles. The number of aromatic amines is 1. The third kappa shape index (κ3) is 4.21. The molecule has 1 aliphatic carbocycles. The quantitative estimate of drug-likeness (QED) is 0.575. The highest BCUT2D eigenvalue weighted by molar-refractivity contribution is 7.18. The van der Waals surface area contributed by atoms with Gasteiger partial charge in [-0.15, -0.1) is 11.3 Å². The van der Waals surface area contributed by atoms with Crippen LogP contribution in [0.25, 0.3) is 10.2 Å². The van der Waals surface area contributed by atoms with E-state index >= 15 is 0 Å².